The predicted octanol–water partition coefficient (Wildman–Crippen LogP) is 3.63. The number of rotatable bonds is 5. The van der Waals surface area contributed by atoms with Gasteiger partial charge in [-0.2, -0.15) is 0 Å². The number of fused-ring (bicyclic) bond motifs is 1. The molecule has 0 saturated carbocycles. The van der Waals surface area contributed by atoms with Crippen LogP contribution in [0.25, 0.3) is 10.2 Å². The van der Waals surface area contributed by atoms with Crippen molar-refractivity contribution in [3.8, 4) is 0 Å². The number of carbonyl (C=O) groups excluding carboxylic acids is 1. The molecule has 1 unspecified atom stereocenters. The minimum atomic E-state index is 0.0107. The minimum absolute atomic E-state index is 0.0107. The van der Waals surface area contributed by atoms with Gasteiger partial charge in [0.15, 0.2) is 0 Å². The molecule has 4 rings (SSSR count). The Kier molecular flexibility index (Phi) is 4.76. The fourth-order valence-corrected chi connectivity index (χ4v) is 4.05. The van der Waals surface area contributed by atoms with E-state index in [2.05, 4.69) is 39.9 Å². The van der Waals surface area contributed by atoms with E-state index in [-0.39, 0.29) is 5.91 Å². The van der Waals surface area contributed by atoms with E-state index in [4.69, 9.17) is 0 Å². The normalized spacial score (nSPS) is 17.0. The van der Waals surface area contributed by atoms with Gasteiger partial charge in [0.1, 0.15) is 0 Å². The molecule has 25 heavy (non-hydrogen) atoms. The summed E-state index contributed by atoms with van der Waals surface area (Å²) in [4.78, 5) is 16.5. The molecule has 5 heteroatoms. The summed E-state index contributed by atoms with van der Waals surface area (Å²) < 4.78 is 1.09. The lowest BCUT2D eigenvalue weighted by Gasteiger charge is -2.09. The van der Waals surface area contributed by atoms with Gasteiger partial charge in [0, 0.05) is 5.69 Å². The topological polar surface area (TPSA) is 54.0 Å². The van der Waals surface area contributed by atoms with Crippen molar-refractivity contribution in [2.24, 2.45) is 5.92 Å². The molecule has 4 nitrogen and oxygen atoms in total. The van der Waals surface area contributed by atoms with Crippen molar-refractivity contribution in [1.82, 2.24) is 10.3 Å². The molecule has 2 N–H and O–H groups in total. The van der Waals surface area contributed by atoms with Crippen molar-refractivity contribution in [3.63, 3.8) is 0 Å². The molecular formula is C20H21N3OS. The molecule has 1 atom stereocenters. The Labute approximate surface area is 151 Å². The molecule has 2 heterocycles. The van der Waals surface area contributed by atoms with E-state index in [1.807, 2.05) is 23.7 Å². The highest BCUT2D eigenvalue weighted by Crippen LogP contribution is 2.22. The number of hydrogen-bond donors (Lipinski definition) is 2. The van der Waals surface area contributed by atoms with Gasteiger partial charge in [0.25, 0.3) is 0 Å². The Morgan fingerprint density at radius 3 is 2.84 bits per heavy atom. The Hall–Kier alpha value is -2.24. The number of aromatic nitrogens is 1. The maximum absolute atomic E-state index is 12.3. The summed E-state index contributed by atoms with van der Waals surface area (Å²) in [6, 6.07) is 14.3. The summed E-state index contributed by atoms with van der Waals surface area (Å²) in [5.74, 6) is 0.757. The third-order valence-corrected chi connectivity index (χ3v) is 5.48. The van der Waals surface area contributed by atoms with E-state index in [1.165, 1.54) is 12.0 Å². The first-order chi connectivity index (χ1) is 12.3. The second-order valence-electron chi connectivity index (χ2n) is 6.64. The summed E-state index contributed by atoms with van der Waals surface area (Å²) >= 11 is 1.58. The number of nitrogens with one attached hydrogen (secondary N) is 2. The van der Waals surface area contributed by atoms with Crippen LogP contribution in [-0.4, -0.2) is 24.0 Å². The van der Waals surface area contributed by atoms with Gasteiger partial charge < -0.3 is 10.6 Å². The molecule has 1 amide bonds. The summed E-state index contributed by atoms with van der Waals surface area (Å²) in [6.07, 6.45) is 2.77. The van der Waals surface area contributed by atoms with Gasteiger partial charge in [-0.15, -0.1) is 11.3 Å². The lowest BCUT2D eigenvalue weighted by Crippen LogP contribution is -2.14. The van der Waals surface area contributed by atoms with Crippen LogP contribution in [0.15, 0.2) is 48.0 Å². The van der Waals surface area contributed by atoms with Crippen LogP contribution in [0, 0.1) is 5.92 Å². The number of benzene rings is 2. The van der Waals surface area contributed by atoms with E-state index in [1.54, 1.807) is 11.3 Å². The number of hydrogen-bond acceptors (Lipinski definition) is 4. The average molecular weight is 351 g/mol. The van der Waals surface area contributed by atoms with Crippen molar-refractivity contribution in [3.05, 3.63) is 59.1 Å². The lowest BCUT2D eigenvalue weighted by atomic mass is 9.97. The first-order valence-electron chi connectivity index (χ1n) is 8.68. The quantitative estimate of drug-likeness (QED) is 0.738. The monoisotopic (exact) mass is 351 g/mol. The molecule has 2 aromatic carbocycles. The van der Waals surface area contributed by atoms with E-state index < -0.39 is 0 Å². The summed E-state index contributed by atoms with van der Waals surface area (Å²) in [7, 11) is 0. The number of thiazole rings is 1. The molecular weight excluding hydrogens is 330 g/mol. The van der Waals surface area contributed by atoms with Crippen LogP contribution in [0.3, 0.4) is 0 Å². The first kappa shape index (κ1) is 16.2. The Bertz CT molecular complexity index is 866. The molecule has 1 aliphatic rings. The zero-order valence-electron chi connectivity index (χ0n) is 14.0. The summed E-state index contributed by atoms with van der Waals surface area (Å²) in [6.45, 7) is 2.25. The molecule has 0 radical (unpaired) electrons. The van der Waals surface area contributed by atoms with Crippen molar-refractivity contribution < 1.29 is 4.79 Å². The van der Waals surface area contributed by atoms with Crippen LogP contribution in [-0.2, 0) is 17.6 Å². The average Bonchev–Trinajstić information content (AvgIpc) is 3.27. The second kappa shape index (κ2) is 7.33. The molecule has 1 saturated heterocycles. The van der Waals surface area contributed by atoms with Gasteiger partial charge in [0.2, 0.25) is 5.91 Å². The zero-order valence-corrected chi connectivity index (χ0v) is 14.8. The van der Waals surface area contributed by atoms with Crippen LogP contribution in [0.5, 0.6) is 0 Å². The van der Waals surface area contributed by atoms with Crippen molar-refractivity contribution >= 4 is 33.1 Å². The number of nitrogens with zero attached hydrogens (tertiary/aromatic N) is 1. The van der Waals surface area contributed by atoms with Crippen LogP contribution >= 0.6 is 11.3 Å². The predicted molar refractivity (Wildman–Crippen MR) is 103 cm³/mol. The molecule has 1 aromatic heterocycles. The Balaban J connectivity index is 1.35. The molecule has 3 aromatic rings. The van der Waals surface area contributed by atoms with Gasteiger partial charge in [-0.1, -0.05) is 24.3 Å². The third kappa shape index (κ3) is 4.06. The minimum Gasteiger partial charge on any atom is -0.326 e. The third-order valence-electron chi connectivity index (χ3n) is 4.69. The smallest absolute Gasteiger partial charge is 0.228 e. The van der Waals surface area contributed by atoms with Crippen molar-refractivity contribution in [2.45, 2.75) is 19.3 Å². The van der Waals surface area contributed by atoms with E-state index in [0.29, 0.717) is 6.42 Å². The van der Waals surface area contributed by atoms with E-state index in [9.17, 15) is 4.79 Å². The largest absolute Gasteiger partial charge is 0.326 e. The number of amides is 1. The SMILES string of the molecule is O=C(Cc1ccc(CC2CCNC2)cc1)Nc1ccc2ncsc2c1. The fraction of sp³-hybridized carbons (Fsp3) is 0.300. The number of anilines is 1. The molecule has 0 aliphatic carbocycles. The van der Waals surface area contributed by atoms with Gasteiger partial charge in [-0.25, -0.2) is 4.98 Å². The number of carbonyl (C=O) groups is 1. The van der Waals surface area contributed by atoms with Gasteiger partial charge in [-0.05, 0) is 61.2 Å². The molecule has 0 spiro atoms. The standard InChI is InChI=1S/C20H21N3OS/c24-20(23-17-5-6-18-19(11-17)25-13-22-18)10-15-3-1-14(2-4-15)9-16-7-8-21-12-16/h1-6,11,13,16,21H,7-10,12H2,(H,23,24). The van der Waals surface area contributed by atoms with Gasteiger partial charge >= 0.3 is 0 Å². The summed E-state index contributed by atoms with van der Waals surface area (Å²) in [5, 5.41) is 6.38. The first-order valence-corrected chi connectivity index (χ1v) is 9.56. The fourth-order valence-electron chi connectivity index (χ4n) is 3.34. The Morgan fingerprint density at radius 2 is 2.04 bits per heavy atom. The Morgan fingerprint density at radius 1 is 1.20 bits per heavy atom. The van der Waals surface area contributed by atoms with E-state index in [0.717, 1.165) is 46.9 Å². The molecule has 1 fully saturated rings. The van der Waals surface area contributed by atoms with Crippen LogP contribution in [0.1, 0.15) is 17.5 Å². The summed E-state index contributed by atoms with van der Waals surface area (Å²) in [5.41, 5.74) is 6.01. The van der Waals surface area contributed by atoms with Crippen LogP contribution < -0.4 is 10.6 Å². The zero-order chi connectivity index (χ0) is 17.1. The lowest BCUT2D eigenvalue weighted by molar-refractivity contribution is -0.115. The highest BCUT2D eigenvalue weighted by molar-refractivity contribution is 7.16. The van der Waals surface area contributed by atoms with Crippen molar-refractivity contribution in [2.75, 3.05) is 18.4 Å². The van der Waals surface area contributed by atoms with Crippen LogP contribution in [0.2, 0.25) is 0 Å². The van der Waals surface area contributed by atoms with Gasteiger partial charge in [0.05, 0.1) is 22.1 Å². The molecule has 1 aliphatic heterocycles. The highest BCUT2D eigenvalue weighted by Gasteiger charge is 2.14. The van der Waals surface area contributed by atoms with Crippen molar-refractivity contribution in [1.29, 1.82) is 0 Å². The van der Waals surface area contributed by atoms with E-state index >= 15 is 0 Å². The molecule has 0 bridgehead atoms. The highest BCUT2D eigenvalue weighted by atomic mass is 32.1. The maximum atomic E-state index is 12.3. The maximum Gasteiger partial charge on any atom is 0.228 e. The van der Waals surface area contributed by atoms with Gasteiger partial charge in [-0.3, -0.25) is 4.79 Å². The molecule has 128 valence electrons. The van der Waals surface area contributed by atoms with Crippen LogP contribution in [0.4, 0.5) is 5.69 Å². The second-order valence-corrected chi connectivity index (χ2v) is 7.53.